The molecule has 0 unspecified atom stereocenters. The molecule has 0 bridgehead atoms. The van der Waals surface area contributed by atoms with Crippen molar-refractivity contribution in [3.05, 3.63) is 22.7 Å². The lowest BCUT2D eigenvalue weighted by Crippen LogP contribution is -2.32. The Hall–Kier alpha value is -0.440. The van der Waals surface area contributed by atoms with Gasteiger partial charge in [-0.15, -0.1) is 0 Å². The Labute approximate surface area is 80.6 Å². The number of halogens is 1. The highest BCUT2D eigenvalue weighted by atomic mass is 79.9. The SMILES string of the molecule is CC1(c2ncc(Br)cn2)CCC1. The summed E-state index contributed by atoms with van der Waals surface area (Å²) in [6.07, 6.45) is 7.43. The van der Waals surface area contributed by atoms with Crippen LogP contribution in [-0.4, -0.2) is 9.97 Å². The smallest absolute Gasteiger partial charge is 0.134 e. The van der Waals surface area contributed by atoms with Crippen LogP contribution in [0.5, 0.6) is 0 Å². The number of hydrogen-bond acceptors (Lipinski definition) is 2. The molecule has 0 atom stereocenters. The summed E-state index contributed by atoms with van der Waals surface area (Å²) in [4.78, 5) is 8.63. The predicted octanol–water partition coefficient (Wildman–Crippen LogP) is 2.68. The third kappa shape index (κ3) is 1.26. The van der Waals surface area contributed by atoms with Crippen LogP contribution in [0.15, 0.2) is 16.9 Å². The highest BCUT2D eigenvalue weighted by Gasteiger charge is 2.36. The van der Waals surface area contributed by atoms with Gasteiger partial charge in [-0.3, -0.25) is 0 Å². The van der Waals surface area contributed by atoms with Crippen LogP contribution < -0.4 is 0 Å². The van der Waals surface area contributed by atoms with Crippen LogP contribution in [0.3, 0.4) is 0 Å². The normalized spacial score (nSPS) is 20.2. The first-order valence-electron chi connectivity index (χ1n) is 4.19. The highest BCUT2D eigenvalue weighted by molar-refractivity contribution is 9.10. The minimum absolute atomic E-state index is 0.265. The molecule has 0 amide bonds. The monoisotopic (exact) mass is 226 g/mol. The maximum Gasteiger partial charge on any atom is 0.134 e. The molecule has 3 heteroatoms. The molecule has 0 spiro atoms. The van der Waals surface area contributed by atoms with E-state index in [0.29, 0.717) is 0 Å². The Morgan fingerprint density at radius 2 is 1.92 bits per heavy atom. The van der Waals surface area contributed by atoms with Crippen LogP contribution >= 0.6 is 15.9 Å². The molecule has 1 aliphatic rings. The van der Waals surface area contributed by atoms with Crippen molar-refractivity contribution in [3.8, 4) is 0 Å². The second-order valence-corrected chi connectivity index (χ2v) is 4.55. The van der Waals surface area contributed by atoms with Crippen LogP contribution in [0, 0.1) is 0 Å². The first-order chi connectivity index (χ1) is 5.71. The van der Waals surface area contributed by atoms with Gasteiger partial charge in [-0.2, -0.15) is 0 Å². The minimum atomic E-state index is 0.265. The molecule has 1 fully saturated rings. The van der Waals surface area contributed by atoms with Gasteiger partial charge in [0.05, 0.1) is 4.47 Å². The van der Waals surface area contributed by atoms with Gasteiger partial charge in [0.25, 0.3) is 0 Å². The predicted molar refractivity (Wildman–Crippen MR) is 50.9 cm³/mol. The van der Waals surface area contributed by atoms with E-state index in [-0.39, 0.29) is 5.41 Å². The largest absolute Gasteiger partial charge is 0.240 e. The van der Waals surface area contributed by atoms with Crippen LogP contribution in [-0.2, 0) is 5.41 Å². The molecule has 12 heavy (non-hydrogen) atoms. The third-order valence-corrected chi connectivity index (χ3v) is 3.03. The second kappa shape index (κ2) is 2.80. The Balaban J connectivity index is 2.28. The standard InChI is InChI=1S/C9H11BrN2/c1-9(3-2-4-9)8-11-5-7(10)6-12-8/h5-6H,2-4H2,1H3. The van der Waals surface area contributed by atoms with Gasteiger partial charge in [0.2, 0.25) is 0 Å². The molecule has 1 heterocycles. The quantitative estimate of drug-likeness (QED) is 0.737. The Kier molecular flexibility index (Phi) is 1.91. The summed E-state index contributed by atoms with van der Waals surface area (Å²) in [5.74, 6) is 0.997. The van der Waals surface area contributed by atoms with Crippen LogP contribution in [0.4, 0.5) is 0 Å². The van der Waals surface area contributed by atoms with E-state index in [1.807, 2.05) is 12.4 Å². The van der Waals surface area contributed by atoms with Crippen molar-refractivity contribution in [1.82, 2.24) is 9.97 Å². The van der Waals surface area contributed by atoms with E-state index in [0.717, 1.165) is 10.3 Å². The molecule has 1 saturated carbocycles. The Bertz CT molecular complexity index is 277. The Morgan fingerprint density at radius 3 is 2.33 bits per heavy atom. The molecule has 64 valence electrons. The van der Waals surface area contributed by atoms with E-state index in [1.165, 1.54) is 19.3 Å². The summed E-state index contributed by atoms with van der Waals surface area (Å²) >= 11 is 3.33. The lowest BCUT2D eigenvalue weighted by Gasteiger charge is -2.36. The summed E-state index contributed by atoms with van der Waals surface area (Å²) in [5, 5.41) is 0. The number of aromatic nitrogens is 2. The average Bonchev–Trinajstić information content (AvgIpc) is 2.02. The topological polar surface area (TPSA) is 25.8 Å². The molecular formula is C9H11BrN2. The van der Waals surface area contributed by atoms with Gasteiger partial charge < -0.3 is 0 Å². The second-order valence-electron chi connectivity index (χ2n) is 3.64. The van der Waals surface area contributed by atoms with E-state index >= 15 is 0 Å². The molecule has 2 nitrogen and oxygen atoms in total. The Morgan fingerprint density at radius 1 is 1.33 bits per heavy atom. The van der Waals surface area contributed by atoms with E-state index in [2.05, 4.69) is 32.8 Å². The van der Waals surface area contributed by atoms with Crippen molar-refractivity contribution in [2.45, 2.75) is 31.6 Å². The summed E-state index contributed by atoms with van der Waals surface area (Å²) in [5.41, 5.74) is 0.265. The molecule has 0 radical (unpaired) electrons. The van der Waals surface area contributed by atoms with Crippen molar-refractivity contribution < 1.29 is 0 Å². The van der Waals surface area contributed by atoms with Gasteiger partial charge in [-0.1, -0.05) is 13.3 Å². The lowest BCUT2D eigenvalue weighted by molar-refractivity contribution is 0.256. The van der Waals surface area contributed by atoms with Gasteiger partial charge in [-0.25, -0.2) is 9.97 Å². The van der Waals surface area contributed by atoms with Crippen molar-refractivity contribution >= 4 is 15.9 Å². The van der Waals surface area contributed by atoms with Crippen LogP contribution in [0.1, 0.15) is 32.0 Å². The van der Waals surface area contributed by atoms with E-state index in [9.17, 15) is 0 Å². The molecule has 2 rings (SSSR count). The van der Waals surface area contributed by atoms with Crippen molar-refractivity contribution in [2.24, 2.45) is 0 Å². The summed E-state index contributed by atoms with van der Waals surface area (Å²) in [6.45, 7) is 2.24. The first-order valence-corrected chi connectivity index (χ1v) is 4.98. The average molecular weight is 227 g/mol. The maximum atomic E-state index is 4.31. The van der Waals surface area contributed by atoms with Gasteiger partial charge in [0.1, 0.15) is 5.82 Å². The zero-order valence-electron chi connectivity index (χ0n) is 7.05. The van der Waals surface area contributed by atoms with E-state index in [1.54, 1.807) is 0 Å². The fourth-order valence-electron chi connectivity index (χ4n) is 1.55. The van der Waals surface area contributed by atoms with E-state index in [4.69, 9.17) is 0 Å². The maximum absolute atomic E-state index is 4.31. The van der Waals surface area contributed by atoms with Gasteiger partial charge in [-0.05, 0) is 28.8 Å². The third-order valence-electron chi connectivity index (χ3n) is 2.62. The zero-order chi connectivity index (χ0) is 8.60. The fraction of sp³-hybridized carbons (Fsp3) is 0.556. The van der Waals surface area contributed by atoms with Gasteiger partial charge in [0.15, 0.2) is 0 Å². The molecule has 0 aromatic carbocycles. The van der Waals surface area contributed by atoms with Gasteiger partial charge in [0, 0.05) is 17.8 Å². The molecule has 1 aromatic rings. The van der Waals surface area contributed by atoms with E-state index < -0.39 is 0 Å². The molecule has 0 saturated heterocycles. The minimum Gasteiger partial charge on any atom is -0.240 e. The van der Waals surface area contributed by atoms with Gasteiger partial charge >= 0.3 is 0 Å². The zero-order valence-corrected chi connectivity index (χ0v) is 8.63. The van der Waals surface area contributed by atoms with Crippen molar-refractivity contribution in [2.75, 3.05) is 0 Å². The first kappa shape index (κ1) is 8.17. The summed E-state index contributed by atoms with van der Waals surface area (Å²) < 4.78 is 0.953. The molecule has 1 aromatic heterocycles. The number of nitrogens with zero attached hydrogens (tertiary/aromatic N) is 2. The molecule has 0 N–H and O–H groups in total. The summed E-state index contributed by atoms with van der Waals surface area (Å²) in [6, 6.07) is 0. The molecule has 1 aliphatic carbocycles. The number of rotatable bonds is 1. The van der Waals surface area contributed by atoms with Crippen LogP contribution in [0.2, 0.25) is 0 Å². The molecule has 0 aliphatic heterocycles. The lowest BCUT2D eigenvalue weighted by atomic mass is 9.70. The fourth-order valence-corrected chi connectivity index (χ4v) is 1.76. The summed E-state index contributed by atoms with van der Waals surface area (Å²) in [7, 11) is 0. The van der Waals surface area contributed by atoms with Crippen LogP contribution in [0.25, 0.3) is 0 Å². The molecular weight excluding hydrogens is 216 g/mol. The highest BCUT2D eigenvalue weighted by Crippen LogP contribution is 2.41. The number of hydrogen-bond donors (Lipinski definition) is 0. The van der Waals surface area contributed by atoms with Crippen molar-refractivity contribution in [3.63, 3.8) is 0 Å². The van der Waals surface area contributed by atoms with Crippen molar-refractivity contribution in [1.29, 1.82) is 0 Å².